The largest absolute Gasteiger partial charge is 0.350 e. The molecule has 0 fully saturated rings. The first-order valence-corrected chi connectivity index (χ1v) is 9.12. The molecule has 1 N–H and O–H groups in total. The maximum Gasteiger partial charge on any atom is 0.0729 e. The SMILES string of the molecule is CSC1=Cc2c(-c3ccc(Br)cc3)ccc3cccc(c23)N1. The van der Waals surface area contributed by atoms with Crippen LogP contribution in [-0.4, -0.2) is 6.26 Å². The molecule has 1 aliphatic rings. The third-order valence-corrected chi connectivity index (χ3v) is 5.18. The van der Waals surface area contributed by atoms with Crippen molar-refractivity contribution in [2.45, 2.75) is 0 Å². The van der Waals surface area contributed by atoms with Crippen LogP contribution in [0.25, 0.3) is 28.0 Å². The fourth-order valence-corrected chi connectivity index (χ4v) is 3.66. The average molecular weight is 368 g/mol. The van der Waals surface area contributed by atoms with Crippen LogP contribution in [0.3, 0.4) is 0 Å². The van der Waals surface area contributed by atoms with Crippen LogP contribution in [0.15, 0.2) is 64.1 Å². The standard InChI is InChI=1S/C19H14BrNS/c1-22-18-11-16-15(12-5-8-14(20)9-6-12)10-7-13-3-2-4-17(21-18)19(13)16/h2-11,21H,1H3. The van der Waals surface area contributed by atoms with Crippen molar-refractivity contribution in [3.8, 4) is 11.1 Å². The van der Waals surface area contributed by atoms with E-state index in [0.717, 1.165) is 4.47 Å². The minimum atomic E-state index is 1.10. The number of thioether (sulfide) groups is 1. The summed E-state index contributed by atoms with van der Waals surface area (Å²) in [5, 5.41) is 7.28. The van der Waals surface area contributed by atoms with Crippen LogP contribution >= 0.6 is 27.7 Å². The molecule has 1 heterocycles. The van der Waals surface area contributed by atoms with Gasteiger partial charge in [0.2, 0.25) is 0 Å². The van der Waals surface area contributed by atoms with Crippen LogP contribution in [0, 0.1) is 0 Å². The van der Waals surface area contributed by atoms with Crippen molar-refractivity contribution in [2.75, 3.05) is 11.6 Å². The predicted molar refractivity (Wildman–Crippen MR) is 102 cm³/mol. The van der Waals surface area contributed by atoms with Crippen molar-refractivity contribution in [2.24, 2.45) is 0 Å². The Hall–Kier alpha value is -1.71. The molecule has 0 spiro atoms. The van der Waals surface area contributed by atoms with Crippen molar-refractivity contribution in [1.82, 2.24) is 0 Å². The van der Waals surface area contributed by atoms with Crippen LogP contribution < -0.4 is 5.32 Å². The number of benzene rings is 3. The molecule has 1 aliphatic heterocycles. The lowest BCUT2D eigenvalue weighted by Gasteiger charge is -2.21. The maximum atomic E-state index is 3.52. The highest BCUT2D eigenvalue weighted by atomic mass is 79.9. The first kappa shape index (κ1) is 13.9. The molecule has 3 aromatic rings. The normalized spacial score (nSPS) is 12.9. The Kier molecular flexibility index (Phi) is 3.47. The van der Waals surface area contributed by atoms with E-state index >= 15 is 0 Å². The lowest BCUT2D eigenvalue weighted by molar-refractivity contribution is 1.54. The summed E-state index contributed by atoms with van der Waals surface area (Å²) in [6.07, 6.45) is 4.36. The quantitative estimate of drug-likeness (QED) is 0.565. The third-order valence-electron chi connectivity index (χ3n) is 3.99. The number of nitrogens with one attached hydrogen (secondary N) is 1. The minimum Gasteiger partial charge on any atom is -0.350 e. The molecule has 0 aromatic heterocycles. The van der Waals surface area contributed by atoms with Gasteiger partial charge < -0.3 is 5.32 Å². The van der Waals surface area contributed by atoms with Gasteiger partial charge in [-0.15, -0.1) is 11.8 Å². The minimum absolute atomic E-state index is 1.10. The Morgan fingerprint density at radius 2 is 1.77 bits per heavy atom. The molecule has 0 atom stereocenters. The Morgan fingerprint density at radius 1 is 0.955 bits per heavy atom. The van der Waals surface area contributed by atoms with Gasteiger partial charge in [-0.05, 0) is 52.6 Å². The van der Waals surface area contributed by atoms with Gasteiger partial charge in [-0.1, -0.05) is 52.3 Å². The summed E-state index contributed by atoms with van der Waals surface area (Å²) < 4.78 is 1.10. The van der Waals surface area contributed by atoms with Gasteiger partial charge in [0.1, 0.15) is 0 Å². The number of rotatable bonds is 2. The summed E-state index contributed by atoms with van der Waals surface area (Å²) in [6, 6.07) is 19.4. The first-order valence-electron chi connectivity index (χ1n) is 7.10. The van der Waals surface area contributed by atoms with Crippen molar-refractivity contribution in [3.05, 3.63) is 69.7 Å². The van der Waals surface area contributed by atoms with E-state index < -0.39 is 0 Å². The third kappa shape index (κ3) is 2.25. The summed E-state index contributed by atoms with van der Waals surface area (Å²) in [5.74, 6) is 0. The highest BCUT2D eigenvalue weighted by Gasteiger charge is 2.16. The molecule has 1 nitrogen and oxygen atoms in total. The van der Waals surface area contributed by atoms with Crippen molar-refractivity contribution >= 4 is 50.2 Å². The van der Waals surface area contributed by atoms with Gasteiger partial charge in [0.05, 0.1) is 5.03 Å². The van der Waals surface area contributed by atoms with Gasteiger partial charge in [-0.3, -0.25) is 0 Å². The summed E-state index contributed by atoms with van der Waals surface area (Å²) in [5.41, 5.74) is 5.02. The van der Waals surface area contributed by atoms with E-state index in [4.69, 9.17) is 0 Å². The smallest absolute Gasteiger partial charge is 0.0729 e. The molecule has 0 unspecified atom stereocenters. The summed E-state index contributed by atoms with van der Waals surface area (Å²) in [6.45, 7) is 0. The average Bonchev–Trinajstić information content (AvgIpc) is 2.56. The van der Waals surface area contributed by atoms with E-state index in [1.807, 2.05) is 0 Å². The van der Waals surface area contributed by atoms with E-state index in [-0.39, 0.29) is 0 Å². The predicted octanol–water partition coefficient (Wildman–Crippen LogP) is 6.36. The number of hydrogen-bond donors (Lipinski definition) is 1. The summed E-state index contributed by atoms with van der Waals surface area (Å²) in [4.78, 5) is 0. The maximum absolute atomic E-state index is 3.52. The topological polar surface area (TPSA) is 12.0 Å². The van der Waals surface area contributed by atoms with Crippen LogP contribution in [0.5, 0.6) is 0 Å². The Balaban J connectivity index is 2.04. The number of halogens is 1. The molecule has 0 saturated carbocycles. The van der Waals surface area contributed by atoms with Gasteiger partial charge >= 0.3 is 0 Å². The molecular formula is C19H14BrNS. The Labute approximate surface area is 142 Å². The van der Waals surface area contributed by atoms with E-state index in [9.17, 15) is 0 Å². The summed E-state index contributed by atoms with van der Waals surface area (Å²) >= 11 is 5.25. The number of anilines is 1. The second-order valence-corrected chi connectivity index (χ2v) is 7.04. The van der Waals surface area contributed by atoms with Crippen LogP contribution in [0.4, 0.5) is 5.69 Å². The zero-order chi connectivity index (χ0) is 15.1. The monoisotopic (exact) mass is 367 g/mol. The molecule has 0 amide bonds. The van der Waals surface area contributed by atoms with Gasteiger partial charge in [0.25, 0.3) is 0 Å². The molecule has 0 bridgehead atoms. The molecule has 4 rings (SSSR count). The molecule has 3 aromatic carbocycles. The van der Waals surface area contributed by atoms with Crippen molar-refractivity contribution in [3.63, 3.8) is 0 Å². The van der Waals surface area contributed by atoms with E-state index in [1.165, 1.54) is 38.2 Å². The lowest BCUT2D eigenvalue weighted by atomic mass is 9.92. The lowest BCUT2D eigenvalue weighted by Crippen LogP contribution is -2.03. The highest BCUT2D eigenvalue weighted by molar-refractivity contribution is 9.10. The van der Waals surface area contributed by atoms with E-state index in [1.54, 1.807) is 11.8 Å². The molecule has 0 saturated heterocycles. The first-order chi connectivity index (χ1) is 10.8. The van der Waals surface area contributed by atoms with Crippen LogP contribution in [0.2, 0.25) is 0 Å². The zero-order valence-electron chi connectivity index (χ0n) is 12.1. The molecule has 0 radical (unpaired) electrons. The van der Waals surface area contributed by atoms with E-state index in [2.05, 4.69) is 88.2 Å². The fraction of sp³-hybridized carbons (Fsp3) is 0.0526. The van der Waals surface area contributed by atoms with Crippen molar-refractivity contribution < 1.29 is 0 Å². The van der Waals surface area contributed by atoms with Gasteiger partial charge in [0, 0.05) is 15.5 Å². The van der Waals surface area contributed by atoms with E-state index in [0.29, 0.717) is 0 Å². The molecule has 22 heavy (non-hydrogen) atoms. The molecule has 108 valence electrons. The number of hydrogen-bond acceptors (Lipinski definition) is 2. The van der Waals surface area contributed by atoms with Crippen LogP contribution in [0.1, 0.15) is 5.56 Å². The van der Waals surface area contributed by atoms with Gasteiger partial charge in [-0.25, -0.2) is 0 Å². The van der Waals surface area contributed by atoms with Gasteiger partial charge in [-0.2, -0.15) is 0 Å². The zero-order valence-corrected chi connectivity index (χ0v) is 14.5. The highest BCUT2D eigenvalue weighted by Crippen LogP contribution is 2.40. The van der Waals surface area contributed by atoms with Gasteiger partial charge in [0.15, 0.2) is 0 Å². The van der Waals surface area contributed by atoms with Crippen LogP contribution in [-0.2, 0) is 0 Å². The Morgan fingerprint density at radius 3 is 2.55 bits per heavy atom. The molecule has 0 aliphatic carbocycles. The summed E-state index contributed by atoms with van der Waals surface area (Å²) in [7, 11) is 0. The fourth-order valence-electron chi connectivity index (χ4n) is 2.95. The molecule has 3 heteroatoms. The molecular weight excluding hydrogens is 354 g/mol. The Bertz CT molecular complexity index is 897. The van der Waals surface area contributed by atoms with Crippen molar-refractivity contribution in [1.29, 1.82) is 0 Å². The second kappa shape index (κ2) is 5.49. The second-order valence-electron chi connectivity index (χ2n) is 5.28.